The predicted octanol–water partition coefficient (Wildman–Crippen LogP) is 5.98. The Morgan fingerprint density at radius 3 is 2.68 bits per heavy atom. The topological polar surface area (TPSA) is 0 Å². The molecule has 1 aliphatic carbocycles. The second-order valence-electron chi connectivity index (χ2n) is 6.03. The van der Waals surface area contributed by atoms with Gasteiger partial charge in [0.25, 0.3) is 0 Å². The van der Waals surface area contributed by atoms with E-state index in [0.29, 0.717) is 0 Å². The Hall–Kier alpha value is -2.34. The smallest absolute Gasteiger partial charge is 0.00637 e. The molecule has 2 aromatic rings. The van der Waals surface area contributed by atoms with Gasteiger partial charge >= 0.3 is 0 Å². The lowest BCUT2D eigenvalue weighted by atomic mass is 9.98. The summed E-state index contributed by atoms with van der Waals surface area (Å²) in [6.45, 7) is 6.36. The maximum Gasteiger partial charge on any atom is -0.00637 e. The third-order valence-electron chi connectivity index (χ3n) is 4.17. The zero-order valence-electron chi connectivity index (χ0n) is 13.2. The summed E-state index contributed by atoms with van der Waals surface area (Å²) in [5, 5.41) is 0. The van der Waals surface area contributed by atoms with E-state index in [-0.39, 0.29) is 0 Å². The fourth-order valence-electron chi connectivity index (χ4n) is 2.90. The van der Waals surface area contributed by atoms with Crippen molar-refractivity contribution in [3.05, 3.63) is 95.1 Å². The molecular weight excluding hydrogens is 264 g/mol. The van der Waals surface area contributed by atoms with Crippen LogP contribution in [0.5, 0.6) is 0 Å². The minimum atomic E-state index is 0.938. The highest BCUT2D eigenvalue weighted by Gasteiger charge is 2.13. The molecule has 2 aromatic carbocycles. The van der Waals surface area contributed by atoms with Gasteiger partial charge in [0, 0.05) is 0 Å². The SMILES string of the molecule is C=C(CC=Cc1ccc(C)cc1)CC1=CCc2ccccc21. The summed E-state index contributed by atoms with van der Waals surface area (Å²) in [4.78, 5) is 0. The van der Waals surface area contributed by atoms with Crippen molar-refractivity contribution in [3.63, 3.8) is 0 Å². The third kappa shape index (κ3) is 3.46. The van der Waals surface area contributed by atoms with Crippen molar-refractivity contribution in [1.82, 2.24) is 0 Å². The minimum Gasteiger partial charge on any atom is -0.0992 e. The van der Waals surface area contributed by atoms with Gasteiger partial charge in [-0.15, -0.1) is 0 Å². The second-order valence-corrected chi connectivity index (χ2v) is 6.03. The minimum absolute atomic E-state index is 0.938. The number of benzene rings is 2. The van der Waals surface area contributed by atoms with Crippen LogP contribution < -0.4 is 0 Å². The largest absolute Gasteiger partial charge is 0.0992 e. The molecule has 0 amide bonds. The third-order valence-corrected chi connectivity index (χ3v) is 4.17. The van der Waals surface area contributed by atoms with Crippen molar-refractivity contribution < 1.29 is 0 Å². The Bertz CT molecular complexity index is 727. The predicted molar refractivity (Wildman–Crippen MR) is 96.7 cm³/mol. The van der Waals surface area contributed by atoms with E-state index < -0.39 is 0 Å². The fraction of sp³-hybridized carbons (Fsp3) is 0.182. The van der Waals surface area contributed by atoms with Gasteiger partial charge in [0.2, 0.25) is 0 Å². The van der Waals surface area contributed by atoms with Gasteiger partial charge in [-0.3, -0.25) is 0 Å². The first-order valence-electron chi connectivity index (χ1n) is 7.89. The molecule has 0 saturated heterocycles. The van der Waals surface area contributed by atoms with Crippen LogP contribution in [0, 0.1) is 6.92 Å². The van der Waals surface area contributed by atoms with Crippen molar-refractivity contribution in [3.8, 4) is 0 Å². The lowest BCUT2D eigenvalue weighted by molar-refractivity contribution is 1.14. The van der Waals surface area contributed by atoms with Gasteiger partial charge in [-0.25, -0.2) is 0 Å². The van der Waals surface area contributed by atoms with Crippen LogP contribution in [0.1, 0.15) is 35.1 Å². The molecule has 0 radical (unpaired) electrons. The molecule has 0 aromatic heterocycles. The van der Waals surface area contributed by atoms with Crippen LogP contribution in [0.2, 0.25) is 0 Å². The van der Waals surface area contributed by atoms with E-state index in [0.717, 1.165) is 19.3 Å². The second kappa shape index (κ2) is 6.62. The summed E-state index contributed by atoms with van der Waals surface area (Å²) < 4.78 is 0. The molecule has 22 heavy (non-hydrogen) atoms. The zero-order chi connectivity index (χ0) is 15.4. The highest BCUT2D eigenvalue weighted by Crippen LogP contribution is 2.32. The van der Waals surface area contributed by atoms with Crippen LogP contribution >= 0.6 is 0 Å². The summed E-state index contributed by atoms with van der Waals surface area (Å²) in [6.07, 6.45) is 9.73. The molecule has 0 nitrogen and oxygen atoms in total. The van der Waals surface area contributed by atoms with Gasteiger partial charge in [-0.05, 0) is 48.4 Å². The highest BCUT2D eigenvalue weighted by molar-refractivity contribution is 5.74. The molecule has 0 spiro atoms. The Labute approximate surface area is 133 Å². The van der Waals surface area contributed by atoms with E-state index in [1.54, 1.807) is 0 Å². The number of allylic oxidation sites excluding steroid dienone is 4. The molecule has 110 valence electrons. The summed E-state index contributed by atoms with van der Waals surface area (Å²) in [7, 11) is 0. The molecule has 0 bridgehead atoms. The van der Waals surface area contributed by atoms with Crippen molar-refractivity contribution in [1.29, 1.82) is 0 Å². The van der Waals surface area contributed by atoms with E-state index in [9.17, 15) is 0 Å². The van der Waals surface area contributed by atoms with E-state index >= 15 is 0 Å². The first kappa shape index (κ1) is 14.6. The van der Waals surface area contributed by atoms with Crippen LogP contribution in [0.4, 0.5) is 0 Å². The molecule has 0 atom stereocenters. The van der Waals surface area contributed by atoms with E-state index in [1.165, 1.54) is 33.4 Å². The monoisotopic (exact) mass is 286 g/mol. The number of fused-ring (bicyclic) bond motifs is 1. The Balaban J connectivity index is 1.56. The number of rotatable bonds is 5. The quantitative estimate of drug-likeness (QED) is 0.593. The van der Waals surface area contributed by atoms with Crippen molar-refractivity contribution >= 4 is 11.6 Å². The average Bonchev–Trinajstić information content (AvgIpc) is 2.93. The molecule has 3 rings (SSSR count). The maximum atomic E-state index is 4.24. The maximum absolute atomic E-state index is 4.24. The fourth-order valence-corrected chi connectivity index (χ4v) is 2.90. The number of hydrogen-bond donors (Lipinski definition) is 0. The summed E-state index contributed by atoms with van der Waals surface area (Å²) in [5.74, 6) is 0. The Morgan fingerprint density at radius 2 is 1.86 bits per heavy atom. The van der Waals surface area contributed by atoms with E-state index in [2.05, 4.69) is 80.3 Å². The Kier molecular flexibility index (Phi) is 4.39. The molecular formula is C22H22. The number of aryl methyl sites for hydroxylation is 1. The van der Waals surface area contributed by atoms with Gasteiger partial charge < -0.3 is 0 Å². The summed E-state index contributed by atoms with van der Waals surface area (Å²) in [6, 6.07) is 17.3. The lowest BCUT2D eigenvalue weighted by Gasteiger charge is -2.07. The van der Waals surface area contributed by atoms with Crippen LogP contribution in [0.15, 0.2) is 72.8 Å². The normalized spacial score (nSPS) is 13.2. The molecule has 0 saturated carbocycles. The van der Waals surface area contributed by atoms with Gasteiger partial charge in [0.1, 0.15) is 0 Å². The number of hydrogen-bond acceptors (Lipinski definition) is 0. The van der Waals surface area contributed by atoms with Gasteiger partial charge in [-0.2, -0.15) is 0 Å². The molecule has 0 unspecified atom stereocenters. The standard InChI is InChI=1S/C22H22/c1-17-10-12-19(13-11-17)7-5-6-18(2)16-21-15-14-20-8-3-4-9-22(20)21/h3-5,7-13,15H,2,6,14,16H2,1H3. The van der Waals surface area contributed by atoms with Crippen molar-refractivity contribution in [2.75, 3.05) is 0 Å². The Morgan fingerprint density at radius 1 is 1.09 bits per heavy atom. The van der Waals surface area contributed by atoms with Crippen LogP contribution in [0.25, 0.3) is 11.6 Å². The molecule has 0 N–H and O–H groups in total. The van der Waals surface area contributed by atoms with E-state index in [1.807, 2.05) is 0 Å². The average molecular weight is 286 g/mol. The summed E-state index contributed by atoms with van der Waals surface area (Å²) in [5.41, 5.74) is 8.11. The lowest BCUT2D eigenvalue weighted by Crippen LogP contribution is -1.86. The summed E-state index contributed by atoms with van der Waals surface area (Å²) >= 11 is 0. The van der Waals surface area contributed by atoms with Crippen LogP contribution in [0.3, 0.4) is 0 Å². The highest BCUT2D eigenvalue weighted by atomic mass is 14.2. The van der Waals surface area contributed by atoms with Crippen molar-refractivity contribution in [2.24, 2.45) is 0 Å². The van der Waals surface area contributed by atoms with Crippen LogP contribution in [-0.2, 0) is 6.42 Å². The molecule has 1 aliphatic rings. The molecule has 0 aliphatic heterocycles. The van der Waals surface area contributed by atoms with Crippen molar-refractivity contribution in [2.45, 2.75) is 26.2 Å². The first-order chi connectivity index (χ1) is 10.7. The van der Waals surface area contributed by atoms with Gasteiger partial charge in [-0.1, -0.05) is 84.5 Å². The van der Waals surface area contributed by atoms with Crippen LogP contribution in [-0.4, -0.2) is 0 Å². The first-order valence-corrected chi connectivity index (χ1v) is 7.89. The molecule has 0 heterocycles. The van der Waals surface area contributed by atoms with E-state index in [4.69, 9.17) is 0 Å². The van der Waals surface area contributed by atoms with Gasteiger partial charge in [0.15, 0.2) is 0 Å². The molecule has 0 fully saturated rings. The zero-order valence-corrected chi connectivity index (χ0v) is 13.2. The molecule has 0 heteroatoms. The van der Waals surface area contributed by atoms with Gasteiger partial charge in [0.05, 0.1) is 0 Å².